The quantitative estimate of drug-likeness (QED) is 0.0848. The lowest BCUT2D eigenvalue weighted by atomic mass is 9.99. The molecule has 0 fully saturated rings. The van der Waals surface area contributed by atoms with Crippen molar-refractivity contribution in [2.75, 3.05) is 14.7 Å². The average Bonchev–Trinajstić information content (AvgIpc) is 0.792. The first-order chi connectivity index (χ1) is 55.8. The molecular formula is C110H85N3. The zero-order valence-corrected chi connectivity index (χ0v) is 63.5. The van der Waals surface area contributed by atoms with Gasteiger partial charge in [-0.05, 0) is 235 Å². The molecule has 0 aliphatic rings. The van der Waals surface area contributed by atoms with Crippen molar-refractivity contribution in [2.24, 2.45) is 0 Å². The molecule has 18 rings (SSSR count). The summed E-state index contributed by atoms with van der Waals surface area (Å²) in [7, 11) is 0. The minimum absolute atomic E-state index is 1.11. The third-order valence-corrected chi connectivity index (χ3v) is 20.7. The van der Waals surface area contributed by atoms with Crippen LogP contribution in [0.4, 0.5) is 51.2 Å². The van der Waals surface area contributed by atoms with Gasteiger partial charge in [-0.2, -0.15) is 0 Å². The number of hydrogen-bond acceptors (Lipinski definition) is 3. The Morgan fingerprint density at radius 1 is 0.124 bits per heavy atom. The van der Waals surface area contributed by atoms with Crippen LogP contribution in [-0.4, -0.2) is 0 Å². The summed E-state index contributed by atoms with van der Waals surface area (Å²) in [4.78, 5) is 6.99. The van der Waals surface area contributed by atoms with Crippen LogP contribution < -0.4 is 14.7 Å². The van der Waals surface area contributed by atoms with E-state index in [9.17, 15) is 0 Å². The molecule has 0 unspecified atom stereocenters. The van der Waals surface area contributed by atoms with E-state index in [1.54, 1.807) is 0 Å². The fourth-order valence-electron chi connectivity index (χ4n) is 14.6. The summed E-state index contributed by atoms with van der Waals surface area (Å²) in [5.41, 5.74) is 34.6. The molecular weight excluding hydrogens is 1360 g/mol. The third-order valence-electron chi connectivity index (χ3n) is 20.7. The van der Waals surface area contributed by atoms with Crippen LogP contribution in [0.3, 0.4) is 0 Å². The van der Waals surface area contributed by atoms with Gasteiger partial charge in [0.1, 0.15) is 0 Å². The van der Waals surface area contributed by atoms with E-state index in [0.717, 1.165) is 45.5 Å². The van der Waals surface area contributed by atoms with E-state index in [1.807, 2.05) is 0 Å². The molecule has 3 heteroatoms. The first-order valence-electron chi connectivity index (χ1n) is 38.7. The van der Waals surface area contributed by atoms with E-state index >= 15 is 0 Å². The Kier molecular flexibility index (Phi) is 22.6. The number of benzene rings is 18. The van der Waals surface area contributed by atoms with Gasteiger partial charge in [0.05, 0.1) is 0 Å². The van der Waals surface area contributed by atoms with Gasteiger partial charge in [-0.1, -0.05) is 370 Å². The highest BCUT2D eigenvalue weighted by Gasteiger charge is 2.19. The first kappa shape index (κ1) is 72.6. The van der Waals surface area contributed by atoms with E-state index in [2.05, 4.69) is 508 Å². The van der Waals surface area contributed by atoms with Crippen molar-refractivity contribution in [2.45, 2.75) is 13.8 Å². The monoisotopic (exact) mass is 1450 g/mol. The highest BCUT2D eigenvalue weighted by Crippen LogP contribution is 2.43. The van der Waals surface area contributed by atoms with E-state index in [0.29, 0.717) is 0 Å². The molecule has 0 saturated heterocycles. The van der Waals surface area contributed by atoms with Gasteiger partial charge in [0.2, 0.25) is 0 Å². The van der Waals surface area contributed by atoms with Gasteiger partial charge < -0.3 is 14.7 Å². The molecule has 0 saturated carbocycles. The molecule has 0 amide bonds. The van der Waals surface area contributed by atoms with Crippen LogP contribution in [0.1, 0.15) is 11.1 Å². The molecule has 0 atom stereocenters. The van der Waals surface area contributed by atoms with Crippen molar-refractivity contribution in [3.63, 3.8) is 0 Å². The minimum atomic E-state index is 1.11. The average molecular weight is 1450 g/mol. The van der Waals surface area contributed by atoms with Crippen LogP contribution in [0.15, 0.2) is 479 Å². The maximum atomic E-state index is 2.35. The number of anilines is 9. The van der Waals surface area contributed by atoms with Crippen LogP contribution in [0.25, 0.3) is 100 Å². The predicted molar refractivity (Wildman–Crippen MR) is 482 cm³/mol. The summed E-state index contributed by atoms with van der Waals surface area (Å²) in [6.07, 6.45) is 0. The van der Waals surface area contributed by atoms with Crippen molar-refractivity contribution in [1.29, 1.82) is 0 Å². The van der Waals surface area contributed by atoms with Gasteiger partial charge >= 0.3 is 0 Å². The number of aryl methyl sites for hydroxylation is 2. The summed E-state index contributed by atoms with van der Waals surface area (Å²) in [5, 5.41) is 0. The largest absolute Gasteiger partial charge is 0.311 e. The van der Waals surface area contributed by atoms with Crippen molar-refractivity contribution >= 4 is 51.2 Å². The molecule has 0 radical (unpaired) electrons. The number of nitrogens with zero attached hydrogens (tertiary/aromatic N) is 3. The molecule has 0 aliphatic carbocycles. The topological polar surface area (TPSA) is 9.72 Å². The zero-order chi connectivity index (χ0) is 76.3. The third kappa shape index (κ3) is 17.6. The molecule has 540 valence electrons. The van der Waals surface area contributed by atoms with E-state index < -0.39 is 0 Å². The fraction of sp³-hybridized carbons (Fsp3) is 0.0182. The Labute approximate surface area is 665 Å². The highest BCUT2D eigenvalue weighted by atomic mass is 15.2. The van der Waals surface area contributed by atoms with Crippen molar-refractivity contribution in [1.82, 2.24) is 0 Å². The molecule has 0 N–H and O–H groups in total. The Morgan fingerprint density at radius 2 is 0.283 bits per heavy atom. The molecule has 18 aromatic rings. The highest BCUT2D eigenvalue weighted by molar-refractivity contribution is 5.86. The molecule has 0 bridgehead atoms. The minimum Gasteiger partial charge on any atom is -0.311 e. The lowest BCUT2D eigenvalue weighted by Gasteiger charge is -2.28. The second-order valence-electron chi connectivity index (χ2n) is 28.2. The standard InChI is InChI=1S/C42H31N.C37H29N.C31H25N/c1-4-11-32(12-5-1)35-19-25-40(26-20-35)43(41-27-21-36(22-28-41)33-13-6-2-7-14-33)42-29-23-37(24-30-42)39-18-10-17-38(31-39)34-15-8-3-9-16-34;1-28-27-34(31-15-9-4-10-16-31)21-26-37(28)38(35-22-17-32(18-23-35)29-11-5-2-6-12-29)36-24-19-33(20-25-36)30-13-7-3-8-14-30;1-24-12-18-29(19-13-24)32(30-20-14-27(15-21-30)25-8-4-2-5-9-25)31-22-16-28(17-23-31)26-10-6-3-7-11-26/h1-31H;2-27H,1H3;2-23H,1H3. The lowest BCUT2D eigenvalue weighted by molar-refractivity contribution is 1.25. The lowest BCUT2D eigenvalue weighted by Crippen LogP contribution is -2.11. The van der Waals surface area contributed by atoms with Crippen molar-refractivity contribution in [3.05, 3.63) is 490 Å². The summed E-state index contributed by atoms with van der Waals surface area (Å²) in [5.74, 6) is 0. The van der Waals surface area contributed by atoms with Crippen LogP contribution in [0, 0.1) is 13.8 Å². The normalized spacial score (nSPS) is 10.7. The zero-order valence-electron chi connectivity index (χ0n) is 63.5. The van der Waals surface area contributed by atoms with Crippen LogP contribution >= 0.6 is 0 Å². The Bertz CT molecular complexity index is 5740. The maximum absolute atomic E-state index is 2.35. The Balaban J connectivity index is 0.000000129. The SMILES string of the molecule is Cc1cc(-c2ccccc2)ccc1N(c1ccc(-c2ccccc2)cc1)c1ccc(-c2ccccc2)cc1.Cc1ccc(N(c2ccc(-c3ccccc3)cc2)c2ccc(-c3ccccc3)cc2)cc1.c1ccc(-c2ccc(N(c3ccc(-c4ccccc4)cc3)c3ccc(-c4cccc(-c5ccccc5)c4)cc3)cc2)cc1. The fourth-order valence-corrected chi connectivity index (χ4v) is 14.6. The van der Waals surface area contributed by atoms with Crippen LogP contribution in [0.2, 0.25) is 0 Å². The van der Waals surface area contributed by atoms with Crippen LogP contribution in [0.5, 0.6) is 0 Å². The van der Waals surface area contributed by atoms with Gasteiger partial charge in [0.25, 0.3) is 0 Å². The van der Waals surface area contributed by atoms with Crippen molar-refractivity contribution < 1.29 is 0 Å². The van der Waals surface area contributed by atoms with Crippen molar-refractivity contribution in [3.8, 4) is 100 Å². The van der Waals surface area contributed by atoms with Gasteiger partial charge in [0.15, 0.2) is 0 Å². The van der Waals surface area contributed by atoms with Gasteiger partial charge in [-0.15, -0.1) is 0 Å². The number of hydrogen-bond donors (Lipinski definition) is 0. The number of rotatable bonds is 18. The van der Waals surface area contributed by atoms with Gasteiger partial charge in [-0.3, -0.25) is 0 Å². The molecule has 18 aromatic carbocycles. The molecule has 0 spiro atoms. The smallest absolute Gasteiger partial charge is 0.0491 e. The maximum Gasteiger partial charge on any atom is 0.0491 e. The Hall–Kier alpha value is -14.6. The van der Waals surface area contributed by atoms with E-state index in [4.69, 9.17) is 0 Å². The molecule has 113 heavy (non-hydrogen) atoms. The molecule has 0 aliphatic heterocycles. The molecule has 0 heterocycles. The predicted octanol–water partition coefficient (Wildman–Crippen LogP) is 31.1. The Morgan fingerprint density at radius 3 is 0.504 bits per heavy atom. The van der Waals surface area contributed by atoms with Gasteiger partial charge in [-0.25, -0.2) is 0 Å². The molecule has 0 aromatic heterocycles. The second-order valence-corrected chi connectivity index (χ2v) is 28.2. The van der Waals surface area contributed by atoms with E-state index in [-0.39, 0.29) is 0 Å². The second kappa shape index (κ2) is 35.2. The van der Waals surface area contributed by atoms with E-state index in [1.165, 1.54) is 117 Å². The summed E-state index contributed by atoms with van der Waals surface area (Å²) < 4.78 is 0. The van der Waals surface area contributed by atoms with Crippen LogP contribution in [-0.2, 0) is 0 Å². The first-order valence-corrected chi connectivity index (χ1v) is 38.7. The van der Waals surface area contributed by atoms with Gasteiger partial charge in [0, 0.05) is 51.2 Å². The summed E-state index contributed by atoms with van der Waals surface area (Å²) in [6, 6.07) is 170. The summed E-state index contributed by atoms with van der Waals surface area (Å²) >= 11 is 0. The molecule has 3 nitrogen and oxygen atoms in total. The summed E-state index contributed by atoms with van der Waals surface area (Å²) in [6.45, 7) is 4.32.